The van der Waals surface area contributed by atoms with E-state index in [2.05, 4.69) is 43.0 Å². The average molecular weight is 401 g/mol. The van der Waals surface area contributed by atoms with Gasteiger partial charge in [-0.1, -0.05) is 5.16 Å². The van der Waals surface area contributed by atoms with Crippen LogP contribution >= 0.6 is 0 Å². The largest absolute Gasteiger partial charge is 0.356 e. The van der Waals surface area contributed by atoms with Crippen LogP contribution in [0.25, 0.3) is 11.0 Å². The fourth-order valence-electron chi connectivity index (χ4n) is 4.51. The van der Waals surface area contributed by atoms with Crippen molar-refractivity contribution in [3.05, 3.63) is 70.6 Å². The number of aromatic nitrogens is 6. The lowest BCUT2D eigenvalue weighted by atomic mass is 10.2. The van der Waals surface area contributed by atoms with Crippen LogP contribution in [0.1, 0.15) is 23.2 Å². The number of aryl methyl sites for hydroxylation is 1. The SMILES string of the molecule is Cc1ccnc(N2C[C@@H]3C(c4noc(Cn5cnc6ncccc6c5=O)n4)[C@@H]3C2)c1. The Hall–Kier alpha value is -3.62. The Labute approximate surface area is 171 Å². The molecule has 3 atom stereocenters. The van der Waals surface area contributed by atoms with E-state index in [0.717, 1.165) is 24.7 Å². The lowest BCUT2D eigenvalue weighted by Gasteiger charge is -2.20. The number of rotatable bonds is 4. The minimum Gasteiger partial charge on any atom is -0.356 e. The summed E-state index contributed by atoms with van der Waals surface area (Å²) in [5, 5.41) is 4.67. The lowest BCUT2D eigenvalue weighted by molar-refractivity contribution is 0.363. The highest BCUT2D eigenvalue weighted by atomic mass is 16.5. The first-order valence-corrected chi connectivity index (χ1v) is 9.97. The van der Waals surface area contributed by atoms with Crippen LogP contribution in [-0.2, 0) is 6.54 Å². The third-order valence-corrected chi connectivity index (χ3v) is 6.10. The van der Waals surface area contributed by atoms with Crippen LogP contribution in [0.3, 0.4) is 0 Å². The molecule has 30 heavy (non-hydrogen) atoms. The molecule has 1 aliphatic carbocycles. The molecule has 0 aromatic carbocycles. The lowest BCUT2D eigenvalue weighted by Crippen LogP contribution is -2.24. The fraction of sp³-hybridized carbons (Fsp3) is 0.333. The molecule has 6 rings (SSSR count). The Morgan fingerprint density at radius 1 is 1.13 bits per heavy atom. The van der Waals surface area contributed by atoms with E-state index in [4.69, 9.17) is 4.52 Å². The zero-order valence-electron chi connectivity index (χ0n) is 16.3. The van der Waals surface area contributed by atoms with Crippen molar-refractivity contribution in [2.75, 3.05) is 18.0 Å². The van der Waals surface area contributed by atoms with Gasteiger partial charge in [0.15, 0.2) is 11.5 Å². The van der Waals surface area contributed by atoms with Crippen LogP contribution in [-0.4, -0.2) is 42.7 Å². The van der Waals surface area contributed by atoms with Crippen molar-refractivity contribution in [1.29, 1.82) is 0 Å². The fourth-order valence-corrected chi connectivity index (χ4v) is 4.51. The Morgan fingerprint density at radius 3 is 2.83 bits per heavy atom. The predicted octanol–water partition coefficient (Wildman–Crippen LogP) is 1.78. The second-order valence-electron chi connectivity index (χ2n) is 8.05. The third kappa shape index (κ3) is 2.77. The van der Waals surface area contributed by atoms with Crippen molar-refractivity contribution < 1.29 is 4.52 Å². The van der Waals surface area contributed by atoms with E-state index in [1.807, 2.05) is 12.3 Å². The molecule has 0 radical (unpaired) electrons. The van der Waals surface area contributed by atoms with E-state index in [0.29, 0.717) is 34.7 Å². The number of hydrogen-bond donors (Lipinski definition) is 0. The Morgan fingerprint density at radius 2 is 2.00 bits per heavy atom. The van der Waals surface area contributed by atoms with Gasteiger partial charge in [0, 0.05) is 31.4 Å². The highest BCUT2D eigenvalue weighted by molar-refractivity contribution is 5.72. The molecule has 5 heterocycles. The highest BCUT2D eigenvalue weighted by Gasteiger charge is 2.58. The molecule has 4 aromatic rings. The van der Waals surface area contributed by atoms with E-state index in [9.17, 15) is 4.79 Å². The van der Waals surface area contributed by atoms with Gasteiger partial charge in [0.2, 0.25) is 5.89 Å². The number of piperidine rings is 1. The van der Waals surface area contributed by atoms with Crippen LogP contribution in [0.15, 0.2) is 52.3 Å². The highest BCUT2D eigenvalue weighted by Crippen LogP contribution is 2.57. The maximum absolute atomic E-state index is 12.6. The van der Waals surface area contributed by atoms with Gasteiger partial charge in [0.05, 0.1) is 5.39 Å². The van der Waals surface area contributed by atoms with E-state index in [-0.39, 0.29) is 12.1 Å². The minimum absolute atomic E-state index is 0.169. The summed E-state index contributed by atoms with van der Waals surface area (Å²) in [4.78, 5) is 32.3. The summed E-state index contributed by atoms with van der Waals surface area (Å²) in [7, 11) is 0. The van der Waals surface area contributed by atoms with Gasteiger partial charge in [0.25, 0.3) is 5.56 Å². The van der Waals surface area contributed by atoms with Gasteiger partial charge < -0.3 is 9.42 Å². The number of anilines is 1. The second kappa shape index (κ2) is 6.45. The predicted molar refractivity (Wildman–Crippen MR) is 108 cm³/mol. The molecule has 0 spiro atoms. The summed E-state index contributed by atoms with van der Waals surface area (Å²) in [6.45, 7) is 4.19. The molecular weight excluding hydrogens is 382 g/mol. The molecule has 0 bridgehead atoms. The minimum atomic E-state index is -0.169. The topological polar surface area (TPSA) is 103 Å². The molecule has 0 N–H and O–H groups in total. The van der Waals surface area contributed by atoms with Crippen molar-refractivity contribution in [2.24, 2.45) is 11.8 Å². The molecule has 1 saturated heterocycles. The maximum atomic E-state index is 12.6. The number of hydrogen-bond acceptors (Lipinski definition) is 8. The standard InChI is InChI=1S/C21H19N7O2/c1-12-4-6-22-16(7-12)27-8-14-15(9-27)18(14)20-25-17(30-26-20)10-28-11-24-19-13(21(28)29)3-2-5-23-19/h2-7,11,14-15,18H,8-10H2,1H3/t14-,15+,18?. The molecule has 150 valence electrons. The quantitative estimate of drug-likeness (QED) is 0.510. The van der Waals surface area contributed by atoms with E-state index in [1.165, 1.54) is 16.5 Å². The summed E-state index contributed by atoms with van der Waals surface area (Å²) in [6.07, 6.45) is 4.95. The van der Waals surface area contributed by atoms with Crippen molar-refractivity contribution in [1.82, 2.24) is 29.7 Å². The Balaban J connectivity index is 1.16. The molecule has 9 nitrogen and oxygen atoms in total. The number of fused-ring (bicyclic) bond motifs is 2. The normalized spacial score (nSPS) is 22.4. The molecule has 4 aromatic heterocycles. The maximum Gasteiger partial charge on any atom is 0.263 e. The van der Waals surface area contributed by atoms with Crippen molar-refractivity contribution in [3.63, 3.8) is 0 Å². The molecule has 2 fully saturated rings. The Kier molecular flexibility index (Phi) is 3.71. The molecule has 9 heteroatoms. The molecular formula is C21H19N7O2. The van der Waals surface area contributed by atoms with E-state index < -0.39 is 0 Å². The van der Waals surface area contributed by atoms with Gasteiger partial charge in [-0.15, -0.1) is 0 Å². The average Bonchev–Trinajstić information content (AvgIpc) is 3.10. The van der Waals surface area contributed by atoms with Gasteiger partial charge in [-0.3, -0.25) is 9.36 Å². The molecule has 1 unspecified atom stereocenters. The van der Waals surface area contributed by atoms with Crippen LogP contribution < -0.4 is 10.5 Å². The first kappa shape index (κ1) is 17.3. The van der Waals surface area contributed by atoms with Crippen LogP contribution in [0, 0.1) is 18.8 Å². The van der Waals surface area contributed by atoms with Crippen LogP contribution in [0.2, 0.25) is 0 Å². The van der Waals surface area contributed by atoms with Gasteiger partial charge in [-0.2, -0.15) is 4.98 Å². The van der Waals surface area contributed by atoms with Crippen LogP contribution in [0.4, 0.5) is 5.82 Å². The smallest absolute Gasteiger partial charge is 0.263 e. The molecule has 1 aliphatic heterocycles. The van der Waals surface area contributed by atoms with E-state index >= 15 is 0 Å². The zero-order valence-corrected chi connectivity index (χ0v) is 16.3. The monoisotopic (exact) mass is 401 g/mol. The van der Waals surface area contributed by atoms with Gasteiger partial charge in [0.1, 0.15) is 18.7 Å². The van der Waals surface area contributed by atoms with Crippen LogP contribution in [0.5, 0.6) is 0 Å². The van der Waals surface area contributed by atoms with Gasteiger partial charge >= 0.3 is 0 Å². The van der Waals surface area contributed by atoms with Crippen molar-refractivity contribution in [3.8, 4) is 0 Å². The summed E-state index contributed by atoms with van der Waals surface area (Å²) < 4.78 is 6.91. The molecule has 1 saturated carbocycles. The van der Waals surface area contributed by atoms with Crippen molar-refractivity contribution >= 4 is 16.9 Å². The second-order valence-corrected chi connectivity index (χ2v) is 8.05. The summed E-state index contributed by atoms with van der Waals surface area (Å²) in [6, 6.07) is 7.57. The van der Waals surface area contributed by atoms with Crippen molar-refractivity contribution in [2.45, 2.75) is 19.4 Å². The first-order valence-electron chi connectivity index (χ1n) is 9.97. The van der Waals surface area contributed by atoms with E-state index in [1.54, 1.807) is 18.3 Å². The summed E-state index contributed by atoms with van der Waals surface area (Å²) in [5.41, 5.74) is 1.48. The van der Waals surface area contributed by atoms with Gasteiger partial charge in [-0.25, -0.2) is 15.0 Å². The summed E-state index contributed by atoms with van der Waals surface area (Å²) in [5.74, 6) is 3.55. The number of nitrogens with zero attached hydrogens (tertiary/aromatic N) is 7. The molecule has 0 amide bonds. The zero-order chi connectivity index (χ0) is 20.2. The summed E-state index contributed by atoms with van der Waals surface area (Å²) >= 11 is 0. The number of pyridine rings is 2. The first-order chi connectivity index (χ1) is 14.7. The van der Waals surface area contributed by atoms with Gasteiger partial charge in [-0.05, 0) is 48.6 Å². The third-order valence-electron chi connectivity index (χ3n) is 6.10. The molecule has 2 aliphatic rings. The Bertz CT molecular complexity index is 1300.